The number of nitrogens with zero attached hydrogens (tertiary/aromatic N) is 1. The Morgan fingerprint density at radius 2 is 1.93 bits per heavy atom. The lowest BCUT2D eigenvalue weighted by Gasteiger charge is -2.21. The summed E-state index contributed by atoms with van der Waals surface area (Å²) < 4.78 is 30.4. The molecule has 0 saturated heterocycles. The van der Waals surface area contributed by atoms with E-state index < -0.39 is 10.0 Å². The third-order valence-electron chi connectivity index (χ3n) is 4.75. The molecule has 1 aromatic carbocycles. The molecule has 0 aromatic heterocycles. The number of ether oxygens (including phenoxy) is 1. The van der Waals surface area contributed by atoms with Crippen LogP contribution in [0.15, 0.2) is 35.9 Å². The maximum Gasteiger partial charge on any atom is 0.235 e. The van der Waals surface area contributed by atoms with Gasteiger partial charge in [-0.15, -0.1) is 0 Å². The number of nitrogens with one attached hydrogen (secondary N) is 1. The van der Waals surface area contributed by atoms with Crippen LogP contribution in [0.4, 0.5) is 0 Å². The molecule has 0 aliphatic heterocycles. The molecular weight excluding hydrogens is 364 g/mol. The zero-order valence-corrected chi connectivity index (χ0v) is 17.1. The van der Waals surface area contributed by atoms with Gasteiger partial charge in [-0.1, -0.05) is 23.8 Å². The molecule has 0 radical (unpaired) electrons. The molecule has 0 fully saturated rings. The van der Waals surface area contributed by atoms with Gasteiger partial charge in [-0.25, -0.2) is 8.42 Å². The van der Waals surface area contributed by atoms with Gasteiger partial charge in [-0.2, -0.15) is 4.31 Å². The highest BCUT2D eigenvalue weighted by Crippen LogP contribution is 2.20. The number of carbonyl (C=O) groups excluding carboxylic acids is 1. The number of allylic oxidation sites excluding steroid dienone is 1. The maximum absolute atomic E-state index is 12.2. The van der Waals surface area contributed by atoms with Crippen molar-refractivity contribution in [1.29, 1.82) is 0 Å². The first-order chi connectivity index (χ1) is 12.9. The second-order valence-electron chi connectivity index (χ2n) is 6.90. The van der Waals surface area contributed by atoms with Gasteiger partial charge in [0.2, 0.25) is 15.9 Å². The van der Waals surface area contributed by atoms with Crippen molar-refractivity contribution in [2.45, 2.75) is 38.5 Å². The van der Waals surface area contributed by atoms with Crippen LogP contribution in [0.25, 0.3) is 0 Å². The SMILES string of the molecule is COc1ccc(CCNC(=O)CN(CCC2=CCCCC2)S(C)(=O)=O)cc1. The number of hydrogen-bond acceptors (Lipinski definition) is 4. The lowest BCUT2D eigenvalue weighted by molar-refractivity contribution is -0.121. The summed E-state index contributed by atoms with van der Waals surface area (Å²) in [6.07, 6.45) is 9.22. The fourth-order valence-electron chi connectivity index (χ4n) is 3.12. The molecule has 6 nitrogen and oxygen atoms in total. The Balaban J connectivity index is 1.79. The second kappa shape index (κ2) is 10.5. The Kier molecular flexibility index (Phi) is 8.31. The fraction of sp³-hybridized carbons (Fsp3) is 0.550. The number of sulfonamides is 1. The van der Waals surface area contributed by atoms with Crippen molar-refractivity contribution in [2.75, 3.05) is 33.0 Å². The molecule has 1 N–H and O–H groups in total. The second-order valence-corrected chi connectivity index (χ2v) is 8.89. The minimum atomic E-state index is -3.41. The molecule has 1 amide bonds. The van der Waals surface area contributed by atoms with Gasteiger partial charge < -0.3 is 10.1 Å². The van der Waals surface area contributed by atoms with E-state index in [1.165, 1.54) is 16.3 Å². The van der Waals surface area contributed by atoms with E-state index in [-0.39, 0.29) is 12.5 Å². The van der Waals surface area contributed by atoms with E-state index in [2.05, 4.69) is 11.4 Å². The first kappa shape index (κ1) is 21.4. The molecule has 150 valence electrons. The molecule has 0 heterocycles. The average molecular weight is 395 g/mol. The standard InChI is InChI=1S/C20H30N2O4S/c1-26-19-10-8-18(9-11-19)12-14-21-20(23)16-22(27(2,24)25)15-13-17-6-4-3-5-7-17/h6,8-11H,3-5,7,12-16H2,1-2H3,(H,21,23). The van der Waals surface area contributed by atoms with E-state index in [0.717, 1.165) is 36.8 Å². The summed E-state index contributed by atoms with van der Waals surface area (Å²) in [6.45, 7) is 0.694. The largest absolute Gasteiger partial charge is 0.497 e. The lowest BCUT2D eigenvalue weighted by atomic mass is 9.97. The summed E-state index contributed by atoms with van der Waals surface area (Å²) in [6, 6.07) is 7.66. The third kappa shape index (κ3) is 7.72. The van der Waals surface area contributed by atoms with Crippen LogP contribution in [0.1, 0.15) is 37.7 Å². The number of benzene rings is 1. The molecule has 0 spiro atoms. The van der Waals surface area contributed by atoms with Crippen molar-refractivity contribution in [2.24, 2.45) is 0 Å². The van der Waals surface area contributed by atoms with E-state index in [1.807, 2.05) is 24.3 Å². The first-order valence-corrected chi connectivity index (χ1v) is 11.3. The number of carbonyl (C=O) groups is 1. The van der Waals surface area contributed by atoms with Crippen LogP contribution < -0.4 is 10.1 Å². The van der Waals surface area contributed by atoms with Gasteiger partial charge in [-0.05, 0) is 56.2 Å². The summed E-state index contributed by atoms with van der Waals surface area (Å²) >= 11 is 0. The van der Waals surface area contributed by atoms with Gasteiger partial charge in [-0.3, -0.25) is 4.79 Å². The van der Waals surface area contributed by atoms with Gasteiger partial charge in [0.15, 0.2) is 0 Å². The number of rotatable bonds is 10. The van der Waals surface area contributed by atoms with Crippen LogP contribution in [0, 0.1) is 0 Å². The molecule has 1 aromatic rings. The predicted octanol–water partition coefficient (Wildman–Crippen LogP) is 2.51. The Morgan fingerprint density at radius 1 is 1.19 bits per heavy atom. The van der Waals surface area contributed by atoms with Crippen LogP contribution in [0.3, 0.4) is 0 Å². The average Bonchev–Trinajstić information content (AvgIpc) is 2.65. The molecular formula is C20H30N2O4S. The van der Waals surface area contributed by atoms with Crippen molar-refractivity contribution < 1.29 is 17.9 Å². The normalized spacial score (nSPS) is 14.7. The Bertz CT molecular complexity index is 742. The summed E-state index contributed by atoms with van der Waals surface area (Å²) in [5.74, 6) is 0.520. The monoisotopic (exact) mass is 394 g/mol. The summed E-state index contributed by atoms with van der Waals surface area (Å²) in [7, 11) is -1.80. The van der Waals surface area contributed by atoms with Crippen LogP contribution in [-0.2, 0) is 21.2 Å². The predicted molar refractivity (Wildman–Crippen MR) is 107 cm³/mol. The summed E-state index contributed by atoms with van der Waals surface area (Å²) in [4.78, 5) is 12.2. The minimum Gasteiger partial charge on any atom is -0.497 e. The molecule has 1 aliphatic carbocycles. The minimum absolute atomic E-state index is 0.130. The molecule has 0 unspecified atom stereocenters. The van der Waals surface area contributed by atoms with E-state index in [9.17, 15) is 13.2 Å². The molecule has 7 heteroatoms. The van der Waals surface area contributed by atoms with E-state index in [0.29, 0.717) is 25.9 Å². The van der Waals surface area contributed by atoms with Crippen molar-refractivity contribution in [3.05, 3.63) is 41.5 Å². The molecule has 0 bridgehead atoms. The highest BCUT2D eigenvalue weighted by molar-refractivity contribution is 7.88. The molecule has 1 aliphatic rings. The van der Waals surface area contributed by atoms with Crippen molar-refractivity contribution in [3.63, 3.8) is 0 Å². The quantitative estimate of drug-likeness (QED) is 0.619. The number of amides is 1. The third-order valence-corrected chi connectivity index (χ3v) is 6.00. The zero-order valence-electron chi connectivity index (χ0n) is 16.2. The molecule has 27 heavy (non-hydrogen) atoms. The zero-order chi connectivity index (χ0) is 19.7. The van der Waals surface area contributed by atoms with Gasteiger partial charge in [0, 0.05) is 13.1 Å². The van der Waals surface area contributed by atoms with Crippen molar-refractivity contribution in [3.8, 4) is 5.75 Å². The molecule has 0 saturated carbocycles. The Labute approximate surface area is 162 Å². The van der Waals surface area contributed by atoms with Gasteiger partial charge in [0.1, 0.15) is 5.75 Å². The van der Waals surface area contributed by atoms with E-state index in [1.54, 1.807) is 7.11 Å². The highest BCUT2D eigenvalue weighted by Gasteiger charge is 2.20. The number of hydrogen-bond donors (Lipinski definition) is 1. The van der Waals surface area contributed by atoms with Crippen LogP contribution in [0.2, 0.25) is 0 Å². The summed E-state index contributed by atoms with van der Waals surface area (Å²) in [5.41, 5.74) is 2.38. The van der Waals surface area contributed by atoms with E-state index in [4.69, 9.17) is 4.74 Å². The molecule has 2 rings (SSSR count). The highest BCUT2D eigenvalue weighted by atomic mass is 32.2. The van der Waals surface area contributed by atoms with Crippen molar-refractivity contribution >= 4 is 15.9 Å². The van der Waals surface area contributed by atoms with Gasteiger partial charge in [0.25, 0.3) is 0 Å². The fourth-order valence-corrected chi connectivity index (χ4v) is 3.89. The topological polar surface area (TPSA) is 75.7 Å². The van der Waals surface area contributed by atoms with Crippen LogP contribution in [0.5, 0.6) is 5.75 Å². The Hall–Kier alpha value is -1.86. The van der Waals surface area contributed by atoms with Gasteiger partial charge >= 0.3 is 0 Å². The molecule has 0 atom stereocenters. The van der Waals surface area contributed by atoms with Crippen LogP contribution >= 0.6 is 0 Å². The first-order valence-electron chi connectivity index (χ1n) is 9.41. The Morgan fingerprint density at radius 3 is 2.52 bits per heavy atom. The van der Waals surface area contributed by atoms with Crippen LogP contribution in [-0.4, -0.2) is 51.6 Å². The smallest absolute Gasteiger partial charge is 0.235 e. The number of methoxy groups -OCH3 is 1. The summed E-state index contributed by atoms with van der Waals surface area (Å²) in [5, 5.41) is 2.81. The van der Waals surface area contributed by atoms with E-state index >= 15 is 0 Å². The van der Waals surface area contributed by atoms with Crippen molar-refractivity contribution in [1.82, 2.24) is 9.62 Å². The maximum atomic E-state index is 12.2. The lowest BCUT2D eigenvalue weighted by Crippen LogP contribution is -2.41. The van der Waals surface area contributed by atoms with Gasteiger partial charge in [0.05, 0.1) is 19.9 Å².